The van der Waals surface area contributed by atoms with E-state index >= 15 is 0 Å². The van der Waals surface area contributed by atoms with Crippen molar-refractivity contribution in [2.45, 2.75) is 44.1 Å². The Morgan fingerprint density at radius 2 is 1.81 bits per heavy atom. The van der Waals surface area contributed by atoms with Crippen molar-refractivity contribution in [1.29, 1.82) is 0 Å². The maximum Gasteiger partial charge on any atom is 0.410 e. The third kappa shape index (κ3) is 5.28. The summed E-state index contributed by atoms with van der Waals surface area (Å²) in [5, 5.41) is -0.676. The van der Waals surface area contributed by atoms with Crippen molar-refractivity contribution in [1.82, 2.24) is 9.80 Å². The van der Waals surface area contributed by atoms with Crippen molar-refractivity contribution >= 4 is 35.0 Å². The highest BCUT2D eigenvalue weighted by Gasteiger charge is 2.43. The summed E-state index contributed by atoms with van der Waals surface area (Å²) in [4.78, 5) is 52.9. The van der Waals surface area contributed by atoms with Gasteiger partial charge in [0.1, 0.15) is 12.2 Å². The van der Waals surface area contributed by atoms with Crippen LogP contribution >= 0.6 is 11.8 Å². The fourth-order valence-electron chi connectivity index (χ4n) is 3.59. The van der Waals surface area contributed by atoms with Crippen molar-refractivity contribution in [2.24, 2.45) is 0 Å². The maximum atomic E-state index is 12.7. The van der Waals surface area contributed by atoms with Crippen LogP contribution in [-0.2, 0) is 9.47 Å². The third-order valence-electron chi connectivity index (χ3n) is 4.86. The molecule has 31 heavy (non-hydrogen) atoms. The Hall–Kier alpha value is -2.81. The van der Waals surface area contributed by atoms with Crippen LogP contribution in [0.5, 0.6) is 0 Å². The number of fused-ring (bicyclic) bond motifs is 1. The molecule has 0 spiro atoms. The Balaban J connectivity index is 1.73. The molecule has 2 aliphatic heterocycles. The Kier molecular flexibility index (Phi) is 6.74. The molecule has 2 heterocycles. The molecular weight excluding hydrogens is 420 g/mol. The van der Waals surface area contributed by atoms with Crippen molar-refractivity contribution < 1.29 is 28.7 Å². The molecule has 3 amide bonds. The van der Waals surface area contributed by atoms with Gasteiger partial charge in [-0.25, -0.2) is 9.59 Å². The summed E-state index contributed by atoms with van der Waals surface area (Å²) < 4.78 is 10.5. The van der Waals surface area contributed by atoms with Crippen LogP contribution in [0.3, 0.4) is 0 Å². The second kappa shape index (κ2) is 9.13. The molecular formula is C22H26N2O6S. The van der Waals surface area contributed by atoms with Gasteiger partial charge in [0.05, 0.1) is 17.2 Å². The molecule has 2 atom stereocenters. The molecule has 8 nitrogen and oxygen atoms in total. The average molecular weight is 447 g/mol. The van der Waals surface area contributed by atoms with Gasteiger partial charge < -0.3 is 14.4 Å². The molecule has 0 N–H and O–H groups in total. The number of rotatable bonds is 5. The first-order valence-corrected chi connectivity index (χ1v) is 10.9. The molecule has 0 radical (unpaired) electrons. The van der Waals surface area contributed by atoms with Gasteiger partial charge in [0.15, 0.2) is 0 Å². The van der Waals surface area contributed by atoms with E-state index in [-0.39, 0.29) is 36.8 Å². The largest absolute Gasteiger partial charge is 0.452 e. The number of imide groups is 1. The van der Waals surface area contributed by atoms with E-state index in [4.69, 9.17) is 9.47 Å². The molecule has 0 bridgehead atoms. The second-order valence-corrected chi connectivity index (χ2v) is 9.61. The van der Waals surface area contributed by atoms with Crippen molar-refractivity contribution in [2.75, 3.05) is 19.7 Å². The number of amides is 3. The summed E-state index contributed by atoms with van der Waals surface area (Å²) in [5.41, 5.74) is 0.0853. The van der Waals surface area contributed by atoms with Gasteiger partial charge in [-0.3, -0.25) is 14.5 Å². The number of carbonyl (C=O) groups is 4. The second-order valence-electron chi connectivity index (χ2n) is 8.38. The number of hydrogen-bond donors (Lipinski definition) is 0. The highest BCUT2D eigenvalue weighted by Crippen LogP contribution is 2.32. The SMILES string of the molecule is C=CCOC(=O)N1CC(SC(=O)OC(C)(C)C)CC1CN1C(=O)c2ccccc2C1=O. The molecule has 2 unspecified atom stereocenters. The first-order chi connectivity index (χ1) is 14.6. The smallest absolute Gasteiger partial charge is 0.410 e. The normalized spacial score (nSPS) is 20.6. The molecule has 1 aromatic rings. The van der Waals surface area contributed by atoms with Crippen LogP contribution in [0.25, 0.3) is 0 Å². The summed E-state index contributed by atoms with van der Waals surface area (Å²) in [5.74, 6) is -0.772. The predicted octanol–water partition coefficient (Wildman–Crippen LogP) is 3.72. The third-order valence-corrected chi connectivity index (χ3v) is 5.81. The summed E-state index contributed by atoms with van der Waals surface area (Å²) in [6.45, 7) is 9.19. The lowest BCUT2D eigenvalue weighted by atomic mass is 10.1. The lowest BCUT2D eigenvalue weighted by molar-refractivity contribution is 0.0587. The van der Waals surface area contributed by atoms with Gasteiger partial charge in [0.2, 0.25) is 0 Å². The number of ether oxygens (including phenoxy) is 2. The standard InChI is InChI=1S/C22H26N2O6S/c1-5-10-29-20(27)23-13-15(31-21(28)30-22(2,3)4)11-14(23)12-24-18(25)16-8-6-7-9-17(16)19(24)26/h5-9,14-15H,1,10-13H2,2-4H3. The average Bonchev–Trinajstić information content (AvgIpc) is 3.19. The number of thioether (sulfide) groups is 1. The molecule has 0 aliphatic carbocycles. The van der Waals surface area contributed by atoms with Gasteiger partial charge in [-0.1, -0.05) is 24.8 Å². The van der Waals surface area contributed by atoms with Crippen LogP contribution in [0.1, 0.15) is 47.9 Å². The molecule has 1 saturated heterocycles. The first-order valence-electron chi connectivity index (χ1n) is 10.00. The van der Waals surface area contributed by atoms with Crippen LogP contribution in [0.15, 0.2) is 36.9 Å². The summed E-state index contributed by atoms with van der Waals surface area (Å²) in [6.07, 6.45) is 1.30. The van der Waals surface area contributed by atoms with Crippen LogP contribution < -0.4 is 0 Å². The molecule has 0 saturated carbocycles. The number of likely N-dealkylation sites (tertiary alicyclic amines) is 1. The van der Waals surface area contributed by atoms with E-state index in [9.17, 15) is 19.2 Å². The monoisotopic (exact) mass is 446 g/mol. The van der Waals surface area contributed by atoms with E-state index in [0.717, 1.165) is 16.7 Å². The molecule has 2 aliphatic rings. The zero-order valence-electron chi connectivity index (χ0n) is 17.8. The zero-order chi connectivity index (χ0) is 22.8. The van der Waals surface area contributed by atoms with Gasteiger partial charge in [0.25, 0.3) is 11.8 Å². The quantitative estimate of drug-likeness (QED) is 0.387. The number of hydrogen-bond acceptors (Lipinski definition) is 7. The van der Waals surface area contributed by atoms with Crippen LogP contribution in [0.4, 0.5) is 9.59 Å². The van der Waals surface area contributed by atoms with E-state index in [1.807, 2.05) is 0 Å². The lowest BCUT2D eigenvalue weighted by Gasteiger charge is -2.26. The van der Waals surface area contributed by atoms with Gasteiger partial charge in [-0.05, 0) is 51.1 Å². The Morgan fingerprint density at radius 3 is 2.35 bits per heavy atom. The fourth-order valence-corrected chi connectivity index (χ4v) is 4.72. The number of carbonyl (C=O) groups excluding carboxylic acids is 4. The Labute approximate surface area is 185 Å². The minimum atomic E-state index is -0.620. The van der Waals surface area contributed by atoms with Crippen LogP contribution in [0.2, 0.25) is 0 Å². The van der Waals surface area contributed by atoms with Gasteiger partial charge in [-0.2, -0.15) is 0 Å². The van der Waals surface area contributed by atoms with Crippen LogP contribution in [0, 0.1) is 0 Å². The van der Waals surface area contributed by atoms with E-state index in [1.54, 1.807) is 45.0 Å². The van der Waals surface area contributed by atoms with Gasteiger partial charge in [0, 0.05) is 18.3 Å². The minimum absolute atomic E-state index is 0.0287. The topological polar surface area (TPSA) is 93.2 Å². The maximum absolute atomic E-state index is 12.7. The van der Waals surface area contributed by atoms with Crippen molar-refractivity contribution in [3.8, 4) is 0 Å². The zero-order valence-corrected chi connectivity index (χ0v) is 18.6. The molecule has 9 heteroatoms. The summed E-state index contributed by atoms with van der Waals surface area (Å²) >= 11 is 1.01. The highest BCUT2D eigenvalue weighted by molar-refractivity contribution is 8.13. The summed E-state index contributed by atoms with van der Waals surface area (Å²) in [7, 11) is 0. The van der Waals surface area contributed by atoms with E-state index in [1.165, 1.54) is 11.0 Å². The Bertz CT molecular complexity index is 875. The van der Waals surface area contributed by atoms with E-state index < -0.39 is 23.0 Å². The lowest BCUT2D eigenvalue weighted by Crippen LogP contribution is -2.45. The molecule has 0 aromatic heterocycles. The molecule has 1 aromatic carbocycles. The Morgan fingerprint density at radius 1 is 1.19 bits per heavy atom. The van der Waals surface area contributed by atoms with E-state index in [2.05, 4.69) is 6.58 Å². The molecule has 3 rings (SSSR count). The van der Waals surface area contributed by atoms with Crippen molar-refractivity contribution in [3.63, 3.8) is 0 Å². The molecule has 166 valence electrons. The summed E-state index contributed by atoms with van der Waals surface area (Å²) in [6, 6.07) is 6.16. The number of nitrogens with zero attached hydrogens (tertiary/aromatic N) is 2. The first kappa shape index (κ1) is 22.9. The minimum Gasteiger partial charge on any atom is -0.452 e. The van der Waals surface area contributed by atoms with E-state index in [0.29, 0.717) is 17.5 Å². The van der Waals surface area contributed by atoms with Gasteiger partial charge >= 0.3 is 11.4 Å². The predicted molar refractivity (Wildman–Crippen MR) is 116 cm³/mol. The molecule has 1 fully saturated rings. The number of benzene rings is 1. The van der Waals surface area contributed by atoms with Crippen LogP contribution in [-0.4, -0.2) is 69.6 Å². The highest BCUT2D eigenvalue weighted by atomic mass is 32.2. The fraction of sp³-hybridized carbons (Fsp3) is 0.455. The van der Waals surface area contributed by atoms with Gasteiger partial charge in [-0.15, -0.1) is 0 Å². The van der Waals surface area contributed by atoms with Crippen molar-refractivity contribution in [3.05, 3.63) is 48.0 Å².